The molecule has 0 radical (unpaired) electrons. The van der Waals surface area contributed by atoms with E-state index in [2.05, 4.69) is 20.3 Å². The van der Waals surface area contributed by atoms with E-state index in [4.69, 9.17) is 46.4 Å². The smallest absolute Gasteiger partial charge is 0.271 e. The average Bonchev–Trinajstić information content (AvgIpc) is 2.79. The second-order valence-electron chi connectivity index (χ2n) is 6.57. The molecule has 0 spiro atoms. The fraction of sp³-hybridized carbons (Fsp3) is 0.364. The number of hydrazone groups is 1. The second-order valence-corrected chi connectivity index (χ2v) is 8.08. The highest BCUT2D eigenvalue weighted by molar-refractivity contribution is 6.19. The summed E-state index contributed by atoms with van der Waals surface area (Å²) >= 11 is 23.4. The Labute approximate surface area is 203 Å². The average molecular weight is 504 g/mol. The van der Waals surface area contributed by atoms with Gasteiger partial charge in [0, 0.05) is 66.6 Å². The van der Waals surface area contributed by atoms with Crippen molar-refractivity contribution < 1.29 is 4.79 Å². The summed E-state index contributed by atoms with van der Waals surface area (Å²) in [5.41, 5.74) is 5.96. The molecule has 31 heavy (non-hydrogen) atoms. The Balaban J connectivity index is 1.94. The van der Waals surface area contributed by atoms with Crippen LogP contribution in [-0.4, -0.2) is 61.8 Å². The van der Waals surface area contributed by atoms with Gasteiger partial charge in [-0.2, -0.15) is 5.10 Å². The van der Waals surface area contributed by atoms with Crippen LogP contribution in [0.15, 0.2) is 53.6 Å². The molecule has 0 aliphatic rings. The zero-order chi connectivity index (χ0) is 22.5. The Morgan fingerprint density at radius 3 is 1.58 bits per heavy atom. The molecule has 0 aliphatic heterocycles. The monoisotopic (exact) mass is 502 g/mol. The number of hydrogen-bond donors (Lipinski definition) is 1. The van der Waals surface area contributed by atoms with E-state index in [1.807, 2.05) is 36.4 Å². The molecule has 0 bridgehead atoms. The maximum Gasteiger partial charge on any atom is 0.271 e. The molecule has 0 unspecified atom stereocenters. The second kappa shape index (κ2) is 14.4. The Bertz CT molecular complexity index is 803. The number of halogens is 4. The molecule has 1 N–H and O–H groups in total. The van der Waals surface area contributed by atoms with E-state index in [1.54, 1.807) is 18.3 Å². The van der Waals surface area contributed by atoms with Crippen LogP contribution >= 0.6 is 46.4 Å². The van der Waals surface area contributed by atoms with E-state index < -0.39 is 0 Å². The van der Waals surface area contributed by atoms with Gasteiger partial charge in [-0.1, -0.05) is 12.1 Å². The summed E-state index contributed by atoms with van der Waals surface area (Å²) in [6.07, 6.45) is 1.60. The number of nitrogens with zero attached hydrogens (tertiary/aromatic N) is 3. The van der Waals surface area contributed by atoms with Gasteiger partial charge < -0.3 is 9.80 Å². The van der Waals surface area contributed by atoms with Crippen molar-refractivity contribution >= 4 is 69.9 Å². The zero-order valence-corrected chi connectivity index (χ0v) is 20.1. The highest BCUT2D eigenvalue weighted by Crippen LogP contribution is 2.16. The summed E-state index contributed by atoms with van der Waals surface area (Å²) < 4.78 is 0. The maximum atomic E-state index is 12.3. The molecule has 168 valence electrons. The van der Waals surface area contributed by atoms with Gasteiger partial charge in [-0.15, -0.1) is 46.4 Å². The van der Waals surface area contributed by atoms with Crippen molar-refractivity contribution in [1.82, 2.24) is 5.43 Å². The normalized spacial score (nSPS) is 11.0. The molecule has 0 saturated carbocycles. The number of amides is 1. The Morgan fingerprint density at radius 2 is 1.16 bits per heavy atom. The van der Waals surface area contributed by atoms with E-state index in [0.717, 1.165) is 30.0 Å². The van der Waals surface area contributed by atoms with Crippen LogP contribution in [0, 0.1) is 0 Å². The molecule has 0 saturated heterocycles. The molecule has 0 aromatic heterocycles. The maximum absolute atomic E-state index is 12.3. The summed E-state index contributed by atoms with van der Waals surface area (Å²) in [6.45, 7) is 2.84. The first-order valence-electron chi connectivity index (χ1n) is 9.90. The van der Waals surface area contributed by atoms with Crippen LogP contribution in [0.1, 0.15) is 15.9 Å². The highest BCUT2D eigenvalue weighted by Gasteiger charge is 2.08. The fourth-order valence-electron chi connectivity index (χ4n) is 2.97. The van der Waals surface area contributed by atoms with E-state index in [-0.39, 0.29) is 5.91 Å². The van der Waals surface area contributed by atoms with Crippen LogP contribution in [0.25, 0.3) is 0 Å². The molecule has 0 aliphatic carbocycles. The van der Waals surface area contributed by atoms with Gasteiger partial charge in [0.25, 0.3) is 5.91 Å². The minimum atomic E-state index is -0.281. The number of anilines is 2. The third-order valence-electron chi connectivity index (χ3n) is 4.55. The quantitative estimate of drug-likeness (QED) is 0.237. The minimum Gasteiger partial charge on any atom is -0.369 e. The van der Waals surface area contributed by atoms with Crippen LogP contribution in [0.4, 0.5) is 11.4 Å². The predicted octanol–water partition coefficient (Wildman–Crippen LogP) is 5.02. The first kappa shape index (κ1) is 25.6. The van der Waals surface area contributed by atoms with Crippen molar-refractivity contribution in [3.63, 3.8) is 0 Å². The molecule has 2 aromatic rings. The molecular formula is C22H26Cl4N4O. The van der Waals surface area contributed by atoms with Gasteiger partial charge in [0.2, 0.25) is 0 Å². The van der Waals surface area contributed by atoms with E-state index in [0.29, 0.717) is 42.2 Å². The van der Waals surface area contributed by atoms with E-state index in [9.17, 15) is 4.79 Å². The van der Waals surface area contributed by atoms with E-state index in [1.165, 1.54) is 0 Å². The Morgan fingerprint density at radius 1 is 0.742 bits per heavy atom. The summed E-state index contributed by atoms with van der Waals surface area (Å²) in [5.74, 6) is 1.80. The van der Waals surface area contributed by atoms with Crippen molar-refractivity contribution in [2.24, 2.45) is 5.10 Å². The van der Waals surface area contributed by atoms with Crippen LogP contribution in [0.3, 0.4) is 0 Å². The van der Waals surface area contributed by atoms with Gasteiger partial charge in [0.05, 0.1) is 6.21 Å². The van der Waals surface area contributed by atoms with Gasteiger partial charge in [-0.25, -0.2) is 5.43 Å². The standard InChI is InChI=1S/C22H26Cl4N4O/c23-9-13-29(14-10-24)20-5-1-18(2-6-20)17-27-28-22(31)19-3-7-21(8-4-19)30(15-11-25)16-12-26/h1-8,17H,9-16H2,(H,28,31). The van der Waals surface area contributed by atoms with Crippen molar-refractivity contribution in [3.05, 3.63) is 59.7 Å². The minimum absolute atomic E-state index is 0.281. The molecule has 2 aromatic carbocycles. The number of nitrogens with one attached hydrogen (secondary N) is 1. The predicted molar refractivity (Wildman–Crippen MR) is 135 cm³/mol. The lowest BCUT2D eigenvalue weighted by Gasteiger charge is -2.22. The number of benzene rings is 2. The lowest BCUT2D eigenvalue weighted by Crippen LogP contribution is -2.27. The molecule has 1 amide bonds. The zero-order valence-electron chi connectivity index (χ0n) is 17.1. The third-order valence-corrected chi connectivity index (χ3v) is 5.23. The lowest BCUT2D eigenvalue weighted by atomic mass is 10.2. The summed E-state index contributed by atoms with van der Waals surface area (Å²) in [6, 6.07) is 15.1. The van der Waals surface area contributed by atoms with Crippen LogP contribution in [-0.2, 0) is 0 Å². The Kier molecular flexibility index (Phi) is 11.9. The van der Waals surface area contributed by atoms with Crippen molar-refractivity contribution in [2.75, 3.05) is 59.5 Å². The molecular weight excluding hydrogens is 478 g/mol. The molecule has 5 nitrogen and oxygen atoms in total. The van der Waals surface area contributed by atoms with Crippen LogP contribution in [0.5, 0.6) is 0 Å². The highest BCUT2D eigenvalue weighted by atomic mass is 35.5. The van der Waals surface area contributed by atoms with Crippen LogP contribution in [0.2, 0.25) is 0 Å². The molecule has 9 heteroatoms. The SMILES string of the molecule is O=C(NN=Cc1ccc(N(CCCl)CCCl)cc1)c1ccc(N(CCCl)CCCl)cc1. The third kappa shape index (κ3) is 8.41. The Hall–Kier alpha value is -1.66. The number of alkyl halides is 4. The van der Waals surface area contributed by atoms with Crippen molar-refractivity contribution in [3.8, 4) is 0 Å². The van der Waals surface area contributed by atoms with Gasteiger partial charge in [0.1, 0.15) is 0 Å². The first-order valence-corrected chi connectivity index (χ1v) is 12.0. The molecule has 2 rings (SSSR count). The number of rotatable bonds is 13. The summed E-state index contributed by atoms with van der Waals surface area (Å²) in [4.78, 5) is 16.5. The number of carbonyl (C=O) groups is 1. The summed E-state index contributed by atoms with van der Waals surface area (Å²) in [5, 5.41) is 4.06. The van der Waals surface area contributed by atoms with E-state index >= 15 is 0 Å². The molecule has 0 heterocycles. The number of hydrogen-bond acceptors (Lipinski definition) is 4. The van der Waals surface area contributed by atoms with Crippen molar-refractivity contribution in [2.45, 2.75) is 0 Å². The van der Waals surface area contributed by atoms with Gasteiger partial charge in [0.15, 0.2) is 0 Å². The largest absolute Gasteiger partial charge is 0.369 e. The van der Waals surface area contributed by atoms with Crippen LogP contribution < -0.4 is 15.2 Å². The first-order chi connectivity index (χ1) is 15.1. The number of carbonyl (C=O) groups excluding carboxylic acids is 1. The van der Waals surface area contributed by atoms with Gasteiger partial charge >= 0.3 is 0 Å². The fourth-order valence-corrected chi connectivity index (χ4v) is 3.79. The topological polar surface area (TPSA) is 47.9 Å². The summed E-state index contributed by atoms with van der Waals surface area (Å²) in [7, 11) is 0. The molecule has 0 fully saturated rings. The van der Waals surface area contributed by atoms with Gasteiger partial charge in [-0.3, -0.25) is 4.79 Å². The lowest BCUT2D eigenvalue weighted by molar-refractivity contribution is 0.0955. The van der Waals surface area contributed by atoms with Gasteiger partial charge in [-0.05, 0) is 42.0 Å². The van der Waals surface area contributed by atoms with Crippen molar-refractivity contribution in [1.29, 1.82) is 0 Å². The molecule has 0 atom stereocenters.